The maximum atomic E-state index is 12.3. The van der Waals surface area contributed by atoms with Gasteiger partial charge in [-0.1, -0.05) is 6.92 Å². The van der Waals surface area contributed by atoms with Crippen LogP contribution in [0.15, 0.2) is 0 Å². The van der Waals surface area contributed by atoms with Gasteiger partial charge < -0.3 is 15.0 Å². The number of rotatable bonds is 3. The van der Waals surface area contributed by atoms with E-state index < -0.39 is 5.41 Å². The topological polar surface area (TPSA) is 71.5 Å². The molecule has 22 heavy (non-hydrogen) atoms. The summed E-state index contributed by atoms with van der Waals surface area (Å²) in [4.78, 5) is 31.5. The molecule has 1 aliphatic heterocycles. The first-order chi connectivity index (χ1) is 10.3. The standard InChI is InChI=1S/C15H23N3O3S/c1-9-7-18(8-15(9,4)13(19)21-5)14(20)16-6-12-17-10(2)11(3)22-12/h9H,6-8H2,1-5H3,(H,16,20)/t9-,15-/m1/s1. The van der Waals surface area contributed by atoms with Gasteiger partial charge in [0.05, 0.1) is 24.8 Å². The molecule has 0 unspecified atom stereocenters. The largest absolute Gasteiger partial charge is 0.469 e. The Kier molecular flexibility index (Phi) is 4.75. The summed E-state index contributed by atoms with van der Waals surface area (Å²) in [6, 6.07) is -0.162. The number of amides is 2. The number of hydrogen-bond acceptors (Lipinski definition) is 5. The highest BCUT2D eigenvalue weighted by molar-refractivity contribution is 7.11. The molecule has 0 radical (unpaired) electrons. The van der Waals surface area contributed by atoms with Crippen LogP contribution in [0.3, 0.4) is 0 Å². The summed E-state index contributed by atoms with van der Waals surface area (Å²) in [5.41, 5.74) is 0.364. The van der Waals surface area contributed by atoms with E-state index >= 15 is 0 Å². The van der Waals surface area contributed by atoms with Gasteiger partial charge in [0.1, 0.15) is 5.01 Å². The molecule has 0 bridgehead atoms. The Labute approximate surface area is 134 Å². The Hall–Kier alpha value is -1.63. The predicted octanol–water partition coefficient (Wildman–Crippen LogP) is 2.10. The van der Waals surface area contributed by atoms with Gasteiger partial charge in [0, 0.05) is 18.0 Å². The van der Waals surface area contributed by atoms with Crippen molar-refractivity contribution in [2.75, 3.05) is 20.2 Å². The van der Waals surface area contributed by atoms with Crippen LogP contribution in [-0.2, 0) is 16.1 Å². The third-order valence-corrected chi connectivity index (χ3v) is 5.58. The van der Waals surface area contributed by atoms with Gasteiger partial charge >= 0.3 is 12.0 Å². The molecule has 1 N–H and O–H groups in total. The molecular weight excluding hydrogens is 302 g/mol. The van der Waals surface area contributed by atoms with Crippen LogP contribution in [0.2, 0.25) is 0 Å². The number of esters is 1. The SMILES string of the molecule is COC(=O)[C@]1(C)CN(C(=O)NCc2nc(C)c(C)s2)C[C@H]1C. The van der Waals surface area contributed by atoms with Gasteiger partial charge in [-0.25, -0.2) is 9.78 Å². The Morgan fingerprint density at radius 1 is 1.50 bits per heavy atom. The highest BCUT2D eigenvalue weighted by atomic mass is 32.1. The zero-order chi connectivity index (χ0) is 16.5. The van der Waals surface area contributed by atoms with Crippen molar-refractivity contribution < 1.29 is 14.3 Å². The zero-order valence-electron chi connectivity index (χ0n) is 13.7. The van der Waals surface area contributed by atoms with Crippen LogP contribution < -0.4 is 5.32 Å². The van der Waals surface area contributed by atoms with Crippen LogP contribution in [0.4, 0.5) is 4.79 Å². The molecule has 2 rings (SSSR count). The van der Waals surface area contributed by atoms with E-state index in [1.54, 1.807) is 16.2 Å². The monoisotopic (exact) mass is 325 g/mol. The fourth-order valence-electron chi connectivity index (χ4n) is 2.68. The smallest absolute Gasteiger partial charge is 0.317 e. The molecule has 7 heteroatoms. The van der Waals surface area contributed by atoms with Crippen molar-refractivity contribution in [3.05, 3.63) is 15.6 Å². The second-order valence-electron chi connectivity index (χ2n) is 6.10. The summed E-state index contributed by atoms with van der Waals surface area (Å²) in [6.45, 7) is 9.14. The molecule has 1 fully saturated rings. The van der Waals surface area contributed by atoms with Gasteiger partial charge in [-0.2, -0.15) is 0 Å². The molecule has 2 heterocycles. The third kappa shape index (κ3) is 3.09. The van der Waals surface area contributed by atoms with E-state index in [9.17, 15) is 9.59 Å². The maximum absolute atomic E-state index is 12.3. The molecule has 122 valence electrons. The Morgan fingerprint density at radius 2 is 2.18 bits per heavy atom. The van der Waals surface area contributed by atoms with Crippen molar-refractivity contribution in [2.45, 2.75) is 34.2 Å². The molecule has 0 aliphatic carbocycles. The average Bonchev–Trinajstić information content (AvgIpc) is 2.97. The van der Waals surface area contributed by atoms with Gasteiger partial charge in [0.15, 0.2) is 0 Å². The van der Waals surface area contributed by atoms with E-state index in [1.165, 1.54) is 7.11 Å². The first-order valence-electron chi connectivity index (χ1n) is 7.32. The van der Waals surface area contributed by atoms with E-state index in [2.05, 4.69) is 10.3 Å². The average molecular weight is 325 g/mol. The maximum Gasteiger partial charge on any atom is 0.317 e. The van der Waals surface area contributed by atoms with E-state index in [4.69, 9.17) is 4.74 Å². The van der Waals surface area contributed by atoms with E-state index in [0.717, 1.165) is 15.6 Å². The van der Waals surface area contributed by atoms with Gasteiger partial charge in [-0.05, 0) is 26.7 Å². The second-order valence-corrected chi connectivity index (χ2v) is 7.39. The summed E-state index contributed by atoms with van der Waals surface area (Å²) in [5, 5.41) is 3.77. The fourth-order valence-corrected chi connectivity index (χ4v) is 3.55. The molecule has 1 aliphatic rings. The molecule has 1 aromatic rings. The van der Waals surface area contributed by atoms with Gasteiger partial charge in [-0.15, -0.1) is 11.3 Å². The number of aromatic nitrogens is 1. The molecule has 2 amide bonds. The number of carbonyl (C=O) groups is 2. The number of hydrogen-bond donors (Lipinski definition) is 1. The Bertz CT molecular complexity index is 567. The first-order valence-corrected chi connectivity index (χ1v) is 8.13. The van der Waals surface area contributed by atoms with Crippen molar-refractivity contribution in [1.82, 2.24) is 15.2 Å². The fraction of sp³-hybridized carbons (Fsp3) is 0.667. The lowest BCUT2D eigenvalue weighted by Gasteiger charge is -2.24. The van der Waals surface area contributed by atoms with E-state index in [0.29, 0.717) is 19.6 Å². The lowest BCUT2D eigenvalue weighted by Crippen LogP contribution is -2.41. The molecule has 1 aromatic heterocycles. The zero-order valence-corrected chi connectivity index (χ0v) is 14.5. The molecule has 6 nitrogen and oxygen atoms in total. The van der Waals surface area contributed by atoms with Crippen LogP contribution in [-0.4, -0.2) is 42.1 Å². The normalized spacial score (nSPS) is 24.4. The van der Waals surface area contributed by atoms with Crippen LogP contribution in [0.25, 0.3) is 0 Å². The molecule has 1 saturated heterocycles. The van der Waals surface area contributed by atoms with Gasteiger partial charge in [0.2, 0.25) is 0 Å². The van der Waals surface area contributed by atoms with Crippen LogP contribution >= 0.6 is 11.3 Å². The number of carbonyl (C=O) groups excluding carboxylic acids is 2. The number of ether oxygens (including phenoxy) is 1. The summed E-state index contributed by atoms with van der Waals surface area (Å²) in [6.07, 6.45) is 0. The number of thiazole rings is 1. The molecule has 2 atom stereocenters. The van der Waals surface area contributed by atoms with E-state index in [1.807, 2.05) is 27.7 Å². The quantitative estimate of drug-likeness (QED) is 0.864. The summed E-state index contributed by atoms with van der Waals surface area (Å²) < 4.78 is 4.88. The summed E-state index contributed by atoms with van der Waals surface area (Å²) in [7, 11) is 1.39. The number of urea groups is 1. The minimum Gasteiger partial charge on any atom is -0.469 e. The van der Waals surface area contributed by atoms with Crippen molar-refractivity contribution in [2.24, 2.45) is 11.3 Å². The molecule has 0 aromatic carbocycles. The van der Waals surface area contributed by atoms with Crippen molar-refractivity contribution in [1.29, 1.82) is 0 Å². The predicted molar refractivity (Wildman–Crippen MR) is 84.7 cm³/mol. The molecule has 0 saturated carbocycles. The summed E-state index contributed by atoms with van der Waals surface area (Å²) >= 11 is 1.59. The van der Waals surface area contributed by atoms with Crippen molar-refractivity contribution in [3.8, 4) is 0 Å². The van der Waals surface area contributed by atoms with Crippen molar-refractivity contribution >= 4 is 23.3 Å². The number of likely N-dealkylation sites (tertiary alicyclic amines) is 1. The first kappa shape index (κ1) is 16.7. The van der Waals surface area contributed by atoms with Gasteiger partial charge in [0.25, 0.3) is 0 Å². The summed E-state index contributed by atoms with van der Waals surface area (Å²) in [5.74, 6) is -0.198. The van der Waals surface area contributed by atoms with Crippen molar-refractivity contribution in [3.63, 3.8) is 0 Å². The van der Waals surface area contributed by atoms with Crippen LogP contribution in [0.5, 0.6) is 0 Å². The molecular formula is C15H23N3O3S. The number of aryl methyl sites for hydroxylation is 2. The Balaban J connectivity index is 1.95. The van der Waals surface area contributed by atoms with E-state index in [-0.39, 0.29) is 17.9 Å². The lowest BCUT2D eigenvalue weighted by molar-refractivity contribution is -0.152. The van der Waals surface area contributed by atoms with Crippen LogP contribution in [0.1, 0.15) is 29.4 Å². The second kappa shape index (κ2) is 6.24. The van der Waals surface area contributed by atoms with Gasteiger partial charge in [-0.3, -0.25) is 4.79 Å². The minimum atomic E-state index is -0.638. The Morgan fingerprint density at radius 3 is 2.73 bits per heavy atom. The minimum absolute atomic E-state index is 0.0649. The highest BCUT2D eigenvalue weighted by Gasteiger charge is 2.48. The highest BCUT2D eigenvalue weighted by Crippen LogP contribution is 2.36. The number of nitrogens with one attached hydrogen (secondary N) is 1. The lowest BCUT2D eigenvalue weighted by atomic mass is 9.81. The molecule has 0 spiro atoms. The third-order valence-electron chi connectivity index (χ3n) is 4.50. The number of methoxy groups -OCH3 is 1. The van der Waals surface area contributed by atoms with Crippen LogP contribution in [0, 0.1) is 25.2 Å². The number of nitrogens with zero attached hydrogens (tertiary/aromatic N) is 2.